The summed E-state index contributed by atoms with van der Waals surface area (Å²) in [6, 6.07) is 15.7. The van der Waals surface area contributed by atoms with Gasteiger partial charge in [-0.1, -0.05) is 19.1 Å². The molecule has 0 spiro atoms. The van der Waals surface area contributed by atoms with Crippen molar-refractivity contribution in [3.63, 3.8) is 0 Å². The number of nitrogens with zero attached hydrogens (tertiary/aromatic N) is 2. The number of piperidine rings is 1. The molecule has 1 saturated heterocycles. The van der Waals surface area contributed by atoms with E-state index in [0.717, 1.165) is 40.9 Å². The fourth-order valence-electron chi connectivity index (χ4n) is 4.37. The smallest absolute Gasteiger partial charge is 0.116 e. The van der Waals surface area contributed by atoms with Crippen LogP contribution in [0, 0.1) is 6.92 Å². The predicted octanol–water partition coefficient (Wildman–Crippen LogP) is 4.92. The van der Waals surface area contributed by atoms with Crippen molar-refractivity contribution < 1.29 is 0 Å². The SMILES string of the molecule is CCN1CCC[C@H](Nc2ccc3[nH]nc(-c4cc5ccc(C)cc5[nH]4)c3c2)C1. The zero-order valence-electron chi connectivity index (χ0n) is 16.5. The van der Waals surface area contributed by atoms with Gasteiger partial charge in [-0.15, -0.1) is 0 Å². The lowest BCUT2D eigenvalue weighted by Gasteiger charge is -2.32. The Morgan fingerprint density at radius 2 is 2.07 bits per heavy atom. The van der Waals surface area contributed by atoms with E-state index in [0.29, 0.717) is 6.04 Å². The molecule has 1 aliphatic rings. The van der Waals surface area contributed by atoms with E-state index >= 15 is 0 Å². The highest BCUT2D eigenvalue weighted by Gasteiger charge is 2.19. The van der Waals surface area contributed by atoms with Crippen molar-refractivity contribution in [1.29, 1.82) is 0 Å². The second kappa shape index (κ2) is 6.99. The van der Waals surface area contributed by atoms with Crippen LogP contribution >= 0.6 is 0 Å². The summed E-state index contributed by atoms with van der Waals surface area (Å²) >= 11 is 0. The highest BCUT2D eigenvalue weighted by molar-refractivity contribution is 5.97. The first-order chi connectivity index (χ1) is 13.7. The molecule has 5 nitrogen and oxygen atoms in total. The van der Waals surface area contributed by atoms with Crippen molar-refractivity contribution in [3.05, 3.63) is 48.0 Å². The van der Waals surface area contributed by atoms with Crippen molar-refractivity contribution in [1.82, 2.24) is 20.1 Å². The minimum absolute atomic E-state index is 0.512. The maximum Gasteiger partial charge on any atom is 0.116 e. The molecule has 1 fully saturated rings. The van der Waals surface area contributed by atoms with Gasteiger partial charge in [-0.05, 0) is 68.8 Å². The number of aromatic nitrogens is 3. The molecule has 1 atom stereocenters. The number of fused-ring (bicyclic) bond motifs is 2. The molecule has 2 aromatic carbocycles. The standard InChI is InChI=1S/C23H27N5/c1-3-28-10-4-5-18(14-28)24-17-8-9-20-19(13-17)23(27-26-20)22-12-16-7-6-15(2)11-21(16)25-22/h6-9,11-13,18,24-25H,3-5,10,14H2,1-2H3,(H,26,27)/t18-/m0/s1. The van der Waals surface area contributed by atoms with Gasteiger partial charge < -0.3 is 15.2 Å². The first-order valence-electron chi connectivity index (χ1n) is 10.3. The van der Waals surface area contributed by atoms with Crippen LogP contribution in [0.25, 0.3) is 33.2 Å². The maximum atomic E-state index is 4.60. The van der Waals surface area contributed by atoms with E-state index in [-0.39, 0.29) is 0 Å². The van der Waals surface area contributed by atoms with Gasteiger partial charge in [-0.25, -0.2) is 0 Å². The second-order valence-electron chi connectivity index (χ2n) is 7.98. The molecule has 0 amide bonds. The average molecular weight is 374 g/mol. The number of aromatic amines is 2. The summed E-state index contributed by atoms with van der Waals surface area (Å²) in [6.07, 6.45) is 2.49. The maximum absolute atomic E-state index is 4.60. The third-order valence-corrected chi connectivity index (χ3v) is 5.92. The lowest BCUT2D eigenvalue weighted by Crippen LogP contribution is -2.41. The molecule has 144 valence electrons. The minimum Gasteiger partial charge on any atom is -0.381 e. The van der Waals surface area contributed by atoms with Crippen LogP contribution in [0.15, 0.2) is 42.5 Å². The first-order valence-corrected chi connectivity index (χ1v) is 10.3. The van der Waals surface area contributed by atoms with Gasteiger partial charge in [0.2, 0.25) is 0 Å². The van der Waals surface area contributed by atoms with Crippen LogP contribution in [0.5, 0.6) is 0 Å². The molecule has 0 radical (unpaired) electrons. The molecule has 1 aliphatic heterocycles. The minimum atomic E-state index is 0.512. The number of anilines is 1. The van der Waals surface area contributed by atoms with Crippen LogP contribution in [0.4, 0.5) is 5.69 Å². The number of benzene rings is 2. The number of likely N-dealkylation sites (tertiary alicyclic amines) is 1. The lowest BCUT2D eigenvalue weighted by molar-refractivity contribution is 0.227. The molecule has 4 aromatic rings. The zero-order valence-corrected chi connectivity index (χ0v) is 16.5. The Morgan fingerprint density at radius 1 is 1.14 bits per heavy atom. The van der Waals surface area contributed by atoms with Gasteiger partial charge >= 0.3 is 0 Å². The largest absolute Gasteiger partial charge is 0.381 e. The van der Waals surface area contributed by atoms with Gasteiger partial charge in [0, 0.05) is 34.6 Å². The van der Waals surface area contributed by atoms with E-state index < -0.39 is 0 Å². The molecule has 0 aliphatic carbocycles. The predicted molar refractivity (Wildman–Crippen MR) is 117 cm³/mol. The Kier molecular flexibility index (Phi) is 4.32. The number of hydrogen-bond donors (Lipinski definition) is 3. The van der Waals surface area contributed by atoms with Gasteiger partial charge in [0.15, 0.2) is 0 Å². The number of rotatable bonds is 4. The van der Waals surface area contributed by atoms with Crippen LogP contribution in [0.2, 0.25) is 0 Å². The quantitative estimate of drug-likeness (QED) is 0.476. The Balaban J connectivity index is 1.47. The van der Waals surface area contributed by atoms with Crippen molar-refractivity contribution in [3.8, 4) is 11.4 Å². The van der Waals surface area contributed by atoms with Crippen LogP contribution < -0.4 is 5.32 Å². The molecule has 5 heteroatoms. The fourth-order valence-corrected chi connectivity index (χ4v) is 4.37. The molecule has 5 rings (SSSR count). The highest BCUT2D eigenvalue weighted by atomic mass is 15.2. The fraction of sp³-hybridized carbons (Fsp3) is 0.348. The monoisotopic (exact) mass is 373 g/mol. The molecular weight excluding hydrogens is 346 g/mol. The molecule has 3 heterocycles. The second-order valence-corrected chi connectivity index (χ2v) is 7.98. The normalized spacial score (nSPS) is 18.1. The summed E-state index contributed by atoms with van der Waals surface area (Å²) in [6.45, 7) is 7.83. The van der Waals surface area contributed by atoms with E-state index in [4.69, 9.17) is 0 Å². The van der Waals surface area contributed by atoms with E-state index in [1.165, 1.54) is 36.0 Å². The lowest BCUT2D eigenvalue weighted by atomic mass is 10.0. The van der Waals surface area contributed by atoms with Crippen LogP contribution in [-0.4, -0.2) is 45.8 Å². The Hall–Kier alpha value is -2.79. The van der Waals surface area contributed by atoms with E-state index in [9.17, 15) is 0 Å². The topological polar surface area (TPSA) is 59.7 Å². The Morgan fingerprint density at radius 3 is 2.96 bits per heavy atom. The summed E-state index contributed by atoms with van der Waals surface area (Å²) in [5, 5.41) is 13.9. The van der Waals surface area contributed by atoms with E-state index in [1.54, 1.807) is 0 Å². The summed E-state index contributed by atoms with van der Waals surface area (Å²) in [7, 11) is 0. The molecule has 3 N–H and O–H groups in total. The number of aryl methyl sites for hydroxylation is 1. The summed E-state index contributed by atoms with van der Waals surface area (Å²) in [5.41, 5.74) is 6.68. The molecule has 2 aromatic heterocycles. The Labute approximate surface area is 165 Å². The van der Waals surface area contributed by atoms with Gasteiger partial charge in [0.1, 0.15) is 5.69 Å². The van der Waals surface area contributed by atoms with Gasteiger partial charge in [0.25, 0.3) is 0 Å². The summed E-state index contributed by atoms with van der Waals surface area (Å²) in [5.74, 6) is 0. The average Bonchev–Trinajstić information content (AvgIpc) is 3.31. The molecular formula is C23H27N5. The molecule has 0 saturated carbocycles. The highest BCUT2D eigenvalue weighted by Crippen LogP contribution is 2.31. The first kappa shape index (κ1) is 17.3. The van der Waals surface area contributed by atoms with Crippen molar-refractivity contribution >= 4 is 27.5 Å². The third-order valence-electron chi connectivity index (χ3n) is 5.92. The molecule has 0 bridgehead atoms. The van der Waals surface area contributed by atoms with Crippen LogP contribution in [0.3, 0.4) is 0 Å². The number of H-pyrrole nitrogens is 2. The van der Waals surface area contributed by atoms with Crippen molar-refractivity contribution in [2.45, 2.75) is 32.7 Å². The van der Waals surface area contributed by atoms with Gasteiger partial charge in [-0.2, -0.15) is 5.10 Å². The molecule has 0 unspecified atom stereocenters. The summed E-state index contributed by atoms with van der Waals surface area (Å²) < 4.78 is 0. The van der Waals surface area contributed by atoms with Crippen LogP contribution in [-0.2, 0) is 0 Å². The van der Waals surface area contributed by atoms with Gasteiger partial charge in [0.05, 0.1) is 11.2 Å². The molecule has 28 heavy (non-hydrogen) atoms. The number of likely N-dealkylation sites (N-methyl/N-ethyl adjacent to an activating group) is 1. The summed E-state index contributed by atoms with van der Waals surface area (Å²) in [4.78, 5) is 6.06. The van der Waals surface area contributed by atoms with Crippen molar-refractivity contribution in [2.24, 2.45) is 0 Å². The van der Waals surface area contributed by atoms with E-state index in [2.05, 4.69) is 81.7 Å². The number of hydrogen-bond acceptors (Lipinski definition) is 3. The Bertz CT molecular complexity index is 1120. The number of nitrogens with one attached hydrogen (secondary N) is 3. The van der Waals surface area contributed by atoms with E-state index in [1.807, 2.05) is 0 Å². The zero-order chi connectivity index (χ0) is 19.1. The third kappa shape index (κ3) is 3.16. The van der Waals surface area contributed by atoms with Crippen LogP contribution in [0.1, 0.15) is 25.3 Å². The van der Waals surface area contributed by atoms with Gasteiger partial charge in [-0.3, -0.25) is 5.10 Å². The van der Waals surface area contributed by atoms with Crippen molar-refractivity contribution in [2.75, 3.05) is 25.0 Å².